The number of carbonyl (C=O) groups excluding carboxylic acids is 1. The van der Waals surface area contributed by atoms with Gasteiger partial charge in [-0.05, 0) is 31.9 Å². The van der Waals surface area contributed by atoms with Gasteiger partial charge in [0.1, 0.15) is 6.61 Å². The van der Waals surface area contributed by atoms with Crippen LogP contribution < -0.4 is 0 Å². The minimum Gasteiger partial charge on any atom is -0.457 e. The van der Waals surface area contributed by atoms with Gasteiger partial charge in [-0.15, -0.1) is 0 Å². The van der Waals surface area contributed by atoms with Crippen molar-refractivity contribution in [3.05, 3.63) is 47.5 Å². The Morgan fingerprint density at radius 2 is 1.48 bits per heavy atom. The maximum atomic E-state index is 12.2. The van der Waals surface area contributed by atoms with E-state index in [1.54, 1.807) is 45.0 Å². The Morgan fingerprint density at radius 3 is 1.91 bits per heavy atom. The molecule has 0 bridgehead atoms. The van der Waals surface area contributed by atoms with Crippen LogP contribution >= 0.6 is 7.82 Å². The molecule has 0 aliphatic heterocycles. The summed E-state index contributed by atoms with van der Waals surface area (Å²) in [5.41, 5.74) is 2.00. The molecule has 0 heterocycles. The second-order valence-electron chi connectivity index (χ2n) is 4.73. The van der Waals surface area contributed by atoms with Gasteiger partial charge in [0.05, 0.1) is 19.8 Å². The number of hydrogen-bond acceptors (Lipinski definition) is 6. The predicted octanol–water partition coefficient (Wildman–Crippen LogP) is 4.00. The number of hydrogen-bond donors (Lipinski definition) is 0. The van der Waals surface area contributed by atoms with Gasteiger partial charge >= 0.3 is 13.8 Å². The molecule has 1 aromatic rings. The highest BCUT2D eigenvalue weighted by molar-refractivity contribution is 7.48. The second kappa shape index (κ2) is 9.63. The molecule has 6 nitrogen and oxygen atoms in total. The van der Waals surface area contributed by atoms with E-state index in [2.05, 4.69) is 6.58 Å². The van der Waals surface area contributed by atoms with Crippen molar-refractivity contribution in [3.63, 3.8) is 0 Å². The van der Waals surface area contributed by atoms with E-state index in [1.165, 1.54) is 0 Å². The van der Waals surface area contributed by atoms with Crippen molar-refractivity contribution in [3.8, 4) is 0 Å². The van der Waals surface area contributed by atoms with E-state index in [9.17, 15) is 9.36 Å². The fourth-order valence-corrected chi connectivity index (χ4v) is 2.75. The third-order valence-electron chi connectivity index (χ3n) is 2.71. The van der Waals surface area contributed by atoms with Crippen LogP contribution in [0.2, 0.25) is 0 Å². The average Bonchev–Trinajstić information content (AvgIpc) is 2.52. The molecule has 23 heavy (non-hydrogen) atoms. The number of phosphoric ester groups is 1. The molecule has 128 valence electrons. The average molecular weight is 342 g/mol. The Balaban J connectivity index is 2.55. The summed E-state index contributed by atoms with van der Waals surface area (Å²) in [5, 5.41) is 0. The summed E-state index contributed by atoms with van der Waals surface area (Å²) >= 11 is 0. The van der Waals surface area contributed by atoms with E-state index in [0.717, 1.165) is 11.1 Å². The zero-order chi connectivity index (χ0) is 17.3. The maximum Gasteiger partial charge on any atom is 0.475 e. The molecule has 1 aromatic carbocycles. The van der Waals surface area contributed by atoms with Crippen molar-refractivity contribution < 1.29 is 27.7 Å². The molecular weight excluding hydrogens is 319 g/mol. The third-order valence-corrected chi connectivity index (χ3v) is 4.30. The lowest BCUT2D eigenvalue weighted by molar-refractivity contribution is -0.140. The van der Waals surface area contributed by atoms with E-state index >= 15 is 0 Å². The van der Waals surface area contributed by atoms with Gasteiger partial charge in [0.15, 0.2) is 0 Å². The minimum absolute atomic E-state index is 0.100. The minimum atomic E-state index is -3.51. The van der Waals surface area contributed by atoms with E-state index < -0.39 is 13.8 Å². The van der Waals surface area contributed by atoms with Crippen molar-refractivity contribution in [1.82, 2.24) is 0 Å². The topological polar surface area (TPSA) is 71.1 Å². The zero-order valence-corrected chi connectivity index (χ0v) is 14.6. The van der Waals surface area contributed by atoms with E-state index in [0.29, 0.717) is 5.57 Å². The fourth-order valence-electron chi connectivity index (χ4n) is 1.59. The largest absolute Gasteiger partial charge is 0.475 e. The lowest BCUT2D eigenvalue weighted by atomic mass is 10.1. The molecule has 0 aliphatic rings. The quantitative estimate of drug-likeness (QED) is 0.363. The van der Waals surface area contributed by atoms with Crippen LogP contribution in [0.15, 0.2) is 36.4 Å². The number of ether oxygens (including phenoxy) is 1. The summed E-state index contributed by atoms with van der Waals surface area (Å²) < 4.78 is 32.6. The van der Waals surface area contributed by atoms with Crippen LogP contribution in [0.3, 0.4) is 0 Å². The Bertz CT molecular complexity index is 556. The smallest absolute Gasteiger partial charge is 0.457 e. The molecular formula is C16H23O6P. The number of phosphoric acid groups is 1. The summed E-state index contributed by atoms with van der Waals surface area (Å²) in [5.74, 6) is -0.424. The number of esters is 1. The van der Waals surface area contributed by atoms with Crippen LogP contribution in [0.5, 0.6) is 0 Å². The lowest BCUT2D eigenvalue weighted by Gasteiger charge is -2.16. The molecule has 0 spiro atoms. The Labute approximate surface area is 137 Å². The van der Waals surface area contributed by atoms with E-state index in [-0.39, 0.29) is 26.4 Å². The highest BCUT2D eigenvalue weighted by Crippen LogP contribution is 2.49. The Morgan fingerprint density at radius 1 is 1.00 bits per heavy atom. The van der Waals surface area contributed by atoms with Crippen LogP contribution in [0.1, 0.15) is 31.9 Å². The maximum absolute atomic E-state index is 12.2. The van der Waals surface area contributed by atoms with Gasteiger partial charge in [0.2, 0.25) is 0 Å². The predicted molar refractivity (Wildman–Crippen MR) is 86.7 cm³/mol. The molecule has 0 aliphatic carbocycles. The molecule has 0 N–H and O–H groups in total. The summed E-state index contributed by atoms with van der Waals surface area (Å²) in [6, 6.07) is 7.20. The Hall–Kier alpha value is -1.46. The van der Waals surface area contributed by atoms with Crippen LogP contribution in [0.25, 0.3) is 0 Å². The van der Waals surface area contributed by atoms with Gasteiger partial charge in [0, 0.05) is 5.57 Å². The molecule has 0 unspecified atom stereocenters. The SMILES string of the molecule is C=C(C)C(=O)OCc1ccc(COP(=O)(OCC)OCC)cc1. The summed E-state index contributed by atoms with van der Waals surface area (Å²) in [7, 11) is -3.51. The van der Waals surface area contributed by atoms with Crippen molar-refractivity contribution >= 4 is 13.8 Å². The van der Waals surface area contributed by atoms with Gasteiger partial charge in [0.25, 0.3) is 0 Å². The first-order chi connectivity index (χ1) is 10.9. The molecule has 0 radical (unpaired) electrons. The van der Waals surface area contributed by atoms with Gasteiger partial charge in [-0.1, -0.05) is 30.8 Å². The molecule has 7 heteroatoms. The van der Waals surface area contributed by atoms with Gasteiger partial charge in [-0.25, -0.2) is 9.36 Å². The Kier molecular flexibility index (Phi) is 8.20. The first-order valence-corrected chi connectivity index (χ1v) is 8.80. The molecule has 1 rings (SSSR count). The molecule has 0 saturated carbocycles. The second-order valence-corrected chi connectivity index (χ2v) is 6.40. The zero-order valence-electron chi connectivity index (χ0n) is 13.7. The molecule has 0 aromatic heterocycles. The first-order valence-electron chi connectivity index (χ1n) is 7.34. The van der Waals surface area contributed by atoms with Crippen LogP contribution in [-0.2, 0) is 40.9 Å². The van der Waals surface area contributed by atoms with E-state index in [1.807, 2.05) is 0 Å². The monoisotopic (exact) mass is 342 g/mol. The van der Waals surface area contributed by atoms with Crippen molar-refractivity contribution in [2.24, 2.45) is 0 Å². The number of rotatable bonds is 10. The van der Waals surface area contributed by atoms with Crippen LogP contribution in [0.4, 0.5) is 0 Å². The third kappa shape index (κ3) is 7.10. The summed E-state index contributed by atoms with van der Waals surface area (Å²) in [4.78, 5) is 11.3. The molecule has 0 amide bonds. The summed E-state index contributed by atoms with van der Waals surface area (Å²) in [6.07, 6.45) is 0. The fraction of sp³-hybridized carbons (Fsp3) is 0.438. The van der Waals surface area contributed by atoms with Crippen molar-refractivity contribution in [2.45, 2.75) is 34.0 Å². The standard InChI is InChI=1S/C16H23O6P/c1-5-20-23(18,21-6-2)22-12-15-9-7-14(8-10-15)11-19-16(17)13(3)4/h7-10H,3,5-6,11-12H2,1-2,4H3. The first kappa shape index (κ1) is 19.6. The van der Waals surface area contributed by atoms with Gasteiger partial charge in [-0.2, -0.15) is 0 Å². The van der Waals surface area contributed by atoms with Crippen LogP contribution in [0, 0.1) is 0 Å². The van der Waals surface area contributed by atoms with Crippen molar-refractivity contribution in [2.75, 3.05) is 13.2 Å². The van der Waals surface area contributed by atoms with E-state index in [4.69, 9.17) is 18.3 Å². The summed E-state index contributed by atoms with van der Waals surface area (Å²) in [6.45, 7) is 9.30. The van der Waals surface area contributed by atoms with Gasteiger partial charge in [-0.3, -0.25) is 13.6 Å². The number of carbonyl (C=O) groups is 1. The number of benzene rings is 1. The molecule has 0 saturated heterocycles. The molecule has 0 fully saturated rings. The van der Waals surface area contributed by atoms with Crippen molar-refractivity contribution in [1.29, 1.82) is 0 Å². The normalized spacial score (nSPS) is 11.3. The lowest BCUT2D eigenvalue weighted by Crippen LogP contribution is -2.05. The van der Waals surface area contributed by atoms with Crippen LogP contribution in [-0.4, -0.2) is 19.2 Å². The highest BCUT2D eigenvalue weighted by Gasteiger charge is 2.25. The highest BCUT2D eigenvalue weighted by atomic mass is 31.2. The van der Waals surface area contributed by atoms with Gasteiger partial charge < -0.3 is 4.74 Å². The molecule has 0 atom stereocenters.